The SMILES string of the molecule is O=C1Cc2ccc(NC(=O)C(=O)N3CCN(c4ccc(F)cc4)CC3)cc2S1. The maximum Gasteiger partial charge on any atom is 0.313 e. The summed E-state index contributed by atoms with van der Waals surface area (Å²) in [5.41, 5.74) is 2.34. The number of piperazine rings is 1. The Bertz CT molecular complexity index is 940. The number of hydrogen-bond donors (Lipinski definition) is 1. The summed E-state index contributed by atoms with van der Waals surface area (Å²) in [6, 6.07) is 11.4. The second kappa shape index (κ2) is 7.63. The monoisotopic (exact) mass is 399 g/mol. The van der Waals surface area contributed by atoms with Crippen LogP contribution in [0.3, 0.4) is 0 Å². The first-order valence-electron chi connectivity index (χ1n) is 8.94. The van der Waals surface area contributed by atoms with Crippen LogP contribution in [0, 0.1) is 5.82 Å². The highest BCUT2D eigenvalue weighted by molar-refractivity contribution is 8.14. The summed E-state index contributed by atoms with van der Waals surface area (Å²) in [4.78, 5) is 40.7. The highest BCUT2D eigenvalue weighted by atomic mass is 32.2. The van der Waals surface area contributed by atoms with Gasteiger partial charge < -0.3 is 15.1 Å². The van der Waals surface area contributed by atoms with Gasteiger partial charge in [-0.2, -0.15) is 0 Å². The van der Waals surface area contributed by atoms with Gasteiger partial charge in [0.1, 0.15) is 5.82 Å². The molecule has 0 spiro atoms. The molecule has 28 heavy (non-hydrogen) atoms. The van der Waals surface area contributed by atoms with Gasteiger partial charge >= 0.3 is 11.8 Å². The standard InChI is InChI=1S/C20H18FN3O3S/c21-14-2-5-16(6-3-14)23-7-9-24(10-8-23)20(27)19(26)22-15-4-1-13-11-18(25)28-17(13)12-15/h1-6,12H,7-11H2,(H,22,26). The molecule has 2 aliphatic rings. The van der Waals surface area contributed by atoms with Gasteiger partial charge in [0.05, 0.1) is 0 Å². The molecule has 1 saturated heterocycles. The molecule has 8 heteroatoms. The van der Waals surface area contributed by atoms with E-state index in [2.05, 4.69) is 10.2 Å². The van der Waals surface area contributed by atoms with Crippen molar-refractivity contribution in [2.45, 2.75) is 11.3 Å². The second-order valence-electron chi connectivity index (χ2n) is 6.68. The topological polar surface area (TPSA) is 69.7 Å². The smallest absolute Gasteiger partial charge is 0.313 e. The van der Waals surface area contributed by atoms with Crippen molar-refractivity contribution in [1.29, 1.82) is 0 Å². The number of nitrogens with one attached hydrogen (secondary N) is 1. The van der Waals surface area contributed by atoms with Gasteiger partial charge in [0.25, 0.3) is 0 Å². The summed E-state index contributed by atoms with van der Waals surface area (Å²) in [6.45, 7) is 1.97. The van der Waals surface area contributed by atoms with Gasteiger partial charge in [-0.3, -0.25) is 14.4 Å². The average Bonchev–Trinajstić information content (AvgIpc) is 3.07. The quantitative estimate of drug-likeness (QED) is 0.785. The molecule has 1 N–H and O–H groups in total. The minimum Gasteiger partial charge on any atom is -0.368 e. The predicted molar refractivity (Wildman–Crippen MR) is 105 cm³/mol. The first-order chi connectivity index (χ1) is 13.5. The van der Waals surface area contributed by atoms with Crippen LogP contribution in [0.5, 0.6) is 0 Å². The number of nitrogens with zero attached hydrogens (tertiary/aromatic N) is 2. The minimum atomic E-state index is -0.690. The molecule has 0 aliphatic carbocycles. The van der Waals surface area contributed by atoms with Gasteiger partial charge in [-0.05, 0) is 42.0 Å². The lowest BCUT2D eigenvalue weighted by atomic mass is 10.1. The molecule has 0 atom stereocenters. The molecule has 2 aromatic carbocycles. The first-order valence-corrected chi connectivity index (χ1v) is 9.75. The predicted octanol–water partition coefficient (Wildman–Crippen LogP) is 2.29. The van der Waals surface area contributed by atoms with E-state index < -0.39 is 11.8 Å². The molecule has 4 rings (SSSR count). The summed E-state index contributed by atoms with van der Waals surface area (Å²) < 4.78 is 13.0. The zero-order chi connectivity index (χ0) is 19.7. The van der Waals surface area contributed by atoms with Crippen molar-refractivity contribution in [3.63, 3.8) is 0 Å². The van der Waals surface area contributed by atoms with Crippen LogP contribution in [0.25, 0.3) is 0 Å². The lowest BCUT2D eigenvalue weighted by molar-refractivity contribution is -0.143. The van der Waals surface area contributed by atoms with Crippen LogP contribution in [-0.4, -0.2) is 48.0 Å². The number of benzene rings is 2. The molecule has 144 valence electrons. The Balaban J connectivity index is 1.34. The van der Waals surface area contributed by atoms with E-state index in [9.17, 15) is 18.8 Å². The summed E-state index contributed by atoms with van der Waals surface area (Å²) in [6.07, 6.45) is 0.394. The fourth-order valence-corrected chi connectivity index (χ4v) is 4.27. The highest BCUT2D eigenvalue weighted by Gasteiger charge is 2.27. The summed E-state index contributed by atoms with van der Waals surface area (Å²) in [5.74, 6) is -1.56. The lowest BCUT2D eigenvalue weighted by Crippen LogP contribution is -2.51. The zero-order valence-electron chi connectivity index (χ0n) is 15.0. The second-order valence-corrected chi connectivity index (χ2v) is 7.78. The lowest BCUT2D eigenvalue weighted by Gasteiger charge is -2.35. The van der Waals surface area contributed by atoms with E-state index in [1.54, 1.807) is 30.3 Å². The number of amides is 2. The van der Waals surface area contributed by atoms with E-state index in [4.69, 9.17) is 0 Å². The van der Waals surface area contributed by atoms with Crippen LogP contribution in [0.1, 0.15) is 5.56 Å². The number of anilines is 2. The van der Waals surface area contributed by atoms with E-state index >= 15 is 0 Å². The molecule has 6 nitrogen and oxygen atoms in total. The number of halogens is 1. The largest absolute Gasteiger partial charge is 0.368 e. The fourth-order valence-electron chi connectivity index (χ4n) is 3.34. The third kappa shape index (κ3) is 3.87. The van der Waals surface area contributed by atoms with Crippen molar-refractivity contribution in [3.8, 4) is 0 Å². The summed E-state index contributed by atoms with van der Waals surface area (Å²) in [7, 11) is 0. The Labute approximate surface area is 165 Å². The van der Waals surface area contributed by atoms with E-state index in [1.165, 1.54) is 17.0 Å². The Morgan fingerprint density at radius 1 is 1.00 bits per heavy atom. The highest BCUT2D eigenvalue weighted by Crippen LogP contribution is 2.34. The summed E-state index contributed by atoms with van der Waals surface area (Å²) in [5, 5.41) is 2.70. The number of fused-ring (bicyclic) bond motifs is 1. The van der Waals surface area contributed by atoms with Crippen LogP contribution in [0.15, 0.2) is 47.4 Å². The number of hydrogen-bond acceptors (Lipinski definition) is 5. The normalized spacial score (nSPS) is 16.1. The van der Waals surface area contributed by atoms with Crippen LogP contribution >= 0.6 is 11.8 Å². The van der Waals surface area contributed by atoms with Crippen LogP contribution < -0.4 is 10.2 Å². The van der Waals surface area contributed by atoms with Crippen LogP contribution in [0.4, 0.5) is 15.8 Å². The zero-order valence-corrected chi connectivity index (χ0v) is 15.8. The Morgan fingerprint density at radius 2 is 1.71 bits per heavy atom. The molecule has 0 saturated carbocycles. The maximum absolute atomic E-state index is 13.0. The van der Waals surface area contributed by atoms with Crippen LogP contribution in [0.2, 0.25) is 0 Å². The van der Waals surface area contributed by atoms with Crippen molar-refractivity contribution in [3.05, 3.63) is 53.8 Å². The first kappa shape index (κ1) is 18.5. The molecule has 0 aromatic heterocycles. The molecule has 0 bridgehead atoms. The van der Waals surface area contributed by atoms with Crippen molar-refractivity contribution in [2.75, 3.05) is 36.4 Å². The van der Waals surface area contributed by atoms with Crippen molar-refractivity contribution in [2.24, 2.45) is 0 Å². The molecule has 1 fully saturated rings. The molecule has 2 aliphatic heterocycles. The number of carbonyl (C=O) groups excluding carboxylic acids is 3. The molecule has 0 unspecified atom stereocenters. The van der Waals surface area contributed by atoms with E-state index in [-0.39, 0.29) is 10.9 Å². The average molecular weight is 399 g/mol. The minimum absolute atomic E-state index is 0.0774. The Hall–Kier alpha value is -2.87. The van der Waals surface area contributed by atoms with Gasteiger partial charge in [-0.15, -0.1) is 0 Å². The molecule has 2 amide bonds. The molecule has 0 radical (unpaired) electrons. The van der Waals surface area contributed by atoms with Gasteiger partial charge in [-0.25, -0.2) is 4.39 Å². The Morgan fingerprint density at radius 3 is 2.43 bits per heavy atom. The number of thioether (sulfide) groups is 1. The molecular weight excluding hydrogens is 381 g/mol. The third-order valence-electron chi connectivity index (χ3n) is 4.84. The molecular formula is C20H18FN3O3S. The van der Waals surface area contributed by atoms with E-state index in [0.29, 0.717) is 38.3 Å². The van der Waals surface area contributed by atoms with Crippen molar-refractivity contribution < 1.29 is 18.8 Å². The number of rotatable bonds is 2. The Kier molecular flexibility index (Phi) is 5.04. The van der Waals surface area contributed by atoms with Crippen LogP contribution in [-0.2, 0) is 20.8 Å². The summed E-state index contributed by atoms with van der Waals surface area (Å²) >= 11 is 1.15. The maximum atomic E-state index is 13.0. The van der Waals surface area contributed by atoms with Gasteiger partial charge in [0, 0.05) is 48.9 Å². The van der Waals surface area contributed by atoms with Gasteiger partial charge in [0.15, 0.2) is 5.12 Å². The fraction of sp³-hybridized carbons (Fsp3) is 0.250. The van der Waals surface area contributed by atoms with E-state index in [1.807, 2.05) is 0 Å². The third-order valence-corrected chi connectivity index (χ3v) is 5.81. The van der Waals surface area contributed by atoms with Gasteiger partial charge in [0.2, 0.25) is 0 Å². The van der Waals surface area contributed by atoms with Crippen molar-refractivity contribution >= 4 is 40.1 Å². The molecule has 2 aromatic rings. The van der Waals surface area contributed by atoms with Crippen molar-refractivity contribution in [1.82, 2.24) is 4.90 Å². The van der Waals surface area contributed by atoms with E-state index in [0.717, 1.165) is 27.9 Å². The van der Waals surface area contributed by atoms with Gasteiger partial charge in [-0.1, -0.05) is 17.8 Å². The molecule has 2 heterocycles. The number of carbonyl (C=O) groups is 3.